The van der Waals surface area contributed by atoms with E-state index in [1.807, 2.05) is 32.0 Å². The Morgan fingerprint density at radius 2 is 2.09 bits per heavy atom. The Bertz CT molecular complexity index is 704. The number of nitrogens with zero attached hydrogens (tertiary/aromatic N) is 3. The van der Waals surface area contributed by atoms with Crippen LogP contribution in [-0.2, 0) is 7.05 Å². The summed E-state index contributed by atoms with van der Waals surface area (Å²) in [6.45, 7) is 4.03. The Kier molecular flexibility index (Phi) is 4.32. The number of para-hydroxylation sites is 1. The Hall–Kier alpha value is -2.37. The number of benzene rings is 1. The van der Waals surface area contributed by atoms with Gasteiger partial charge in [-0.3, -0.25) is 10.1 Å². The molecule has 1 aromatic carbocycles. The van der Waals surface area contributed by atoms with E-state index >= 15 is 0 Å². The molecule has 1 aromatic heterocycles. The van der Waals surface area contributed by atoms with Crippen molar-refractivity contribution in [3.63, 3.8) is 0 Å². The number of nitrogens with one attached hydrogen (secondary N) is 1. The lowest BCUT2D eigenvalue weighted by Crippen LogP contribution is -2.26. The van der Waals surface area contributed by atoms with Gasteiger partial charge in [0.1, 0.15) is 5.75 Å². The molecular formula is C17H22N4O2. The molecule has 0 saturated heterocycles. The molecule has 0 spiro atoms. The molecule has 1 fully saturated rings. The number of anilines is 1. The van der Waals surface area contributed by atoms with E-state index in [-0.39, 0.29) is 17.9 Å². The summed E-state index contributed by atoms with van der Waals surface area (Å²) in [5.41, 5.74) is 0.522. The quantitative estimate of drug-likeness (QED) is 0.920. The van der Waals surface area contributed by atoms with E-state index in [1.165, 1.54) is 6.42 Å². The zero-order chi connectivity index (χ0) is 16.4. The standard InChI is InChI=1S/C17H22N4O2/c1-11(2)15-18-17(21(3)20-15)19-16(22)13-9-4-5-10-14(13)23-12-7-6-8-12/h4-5,9-12H,6-8H2,1-3H3,(H,18,19,20,22). The summed E-state index contributed by atoms with van der Waals surface area (Å²) >= 11 is 0. The minimum absolute atomic E-state index is 0.209. The van der Waals surface area contributed by atoms with Crippen LogP contribution in [0.3, 0.4) is 0 Å². The van der Waals surface area contributed by atoms with Gasteiger partial charge in [-0.15, -0.1) is 0 Å². The monoisotopic (exact) mass is 314 g/mol. The van der Waals surface area contributed by atoms with Crippen LogP contribution in [0.1, 0.15) is 55.2 Å². The Balaban J connectivity index is 1.78. The maximum atomic E-state index is 12.6. The molecule has 1 N–H and O–H groups in total. The van der Waals surface area contributed by atoms with Crippen LogP contribution in [0.15, 0.2) is 24.3 Å². The molecule has 122 valence electrons. The smallest absolute Gasteiger partial charge is 0.261 e. The number of carbonyl (C=O) groups is 1. The molecule has 0 unspecified atom stereocenters. The van der Waals surface area contributed by atoms with Gasteiger partial charge in [0, 0.05) is 13.0 Å². The van der Waals surface area contributed by atoms with Crippen LogP contribution < -0.4 is 10.1 Å². The highest BCUT2D eigenvalue weighted by molar-refractivity contribution is 6.05. The van der Waals surface area contributed by atoms with Crippen molar-refractivity contribution in [3.8, 4) is 5.75 Å². The fourth-order valence-electron chi connectivity index (χ4n) is 2.35. The summed E-state index contributed by atoms with van der Waals surface area (Å²) in [7, 11) is 1.77. The van der Waals surface area contributed by atoms with Crippen LogP contribution in [0.4, 0.5) is 5.95 Å². The zero-order valence-corrected chi connectivity index (χ0v) is 13.7. The summed E-state index contributed by atoms with van der Waals surface area (Å²) < 4.78 is 7.50. The third kappa shape index (κ3) is 3.36. The van der Waals surface area contributed by atoms with Crippen LogP contribution in [0.25, 0.3) is 0 Å². The molecule has 2 aromatic rings. The van der Waals surface area contributed by atoms with Gasteiger partial charge in [0.2, 0.25) is 5.95 Å². The van der Waals surface area contributed by atoms with Gasteiger partial charge in [0.25, 0.3) is 5.91 Å². The Labute approximate surface area is 135 Å². The van der Waals surface area contributed by atoms with E-state index in [1.54, 1.807) is 17.8 Å². The predicted octanol–water partition coefficient (Wildman–Crippen LogP) is 3.12. The minimum atomic E-state index is -0.231. The first-order valence-corrected chi connectivity index (χ1v) is 8.02. The average Bonchev–Trinajstić information content (AvgIpc) is 2.85. The lowest BCUT2D eigenvalue weighted by molar-refractivity contribution is 0.0990. The highest BCUT2D eigenvalue weighted by Gasteiger charge is 2.22. The number of hydrogen-bond donors (Lipinski definition) is 1. The molecule has 1 saturated carbocycles. The third-order valence-corrected chi connectivity index (χ3v) is 4.00. The highest BCUT2D eigenvalue weighted by atomic mass is 16.5. The molecule has 3 rings (SSSR count). The van der Waals surface area contributed by atoms with Crippen LogP contribution in [0, 0.1) is 0 Å². The lowest BCUT2D eigenvalue weighted by atomic mass is 9.96. The second kappa shape index (κ2) is 6.40. The second-order valence-electron chi connectivity index (χ2n) is 6.19. The van der Waals surface area contributed by atoms with Crippen LogP contribution in [0.5, 0.6) is 5.75 Å². The second-order valence-corrected chi connectivity index (χ2v) is 6.19. The molecule has 1 heterocycles. The molecule has 0 aliphatic heterocycles. The van der Waals surface area contributed by atoms with E-state index in [9.17, 15) is 4.79 Å². The Morgan fingerprint density at radius 3 is 2.70 bits per heavy atom. The van der Waals surface area contributed by atoms with Crippen LogP contribution in [0.2, 0.25) is 0 Å². The van der Waals surface area contributed by atoms with E-state index in [0.717, 1.165) is 12.8 Å². The number of aromatic nitrogens is 3. The topological polar surface area (TPSA) is 69.0 Å². The van der Waals surface area contributed by atoms with Gasteiger partial charge >= 0.3 is 0 Å². The summed E-state index contributed by atoms with van der Waals surface area (Å²) in [4.78, 5) is 17.0. The van der Waals surface area contributed by atoms with Crippen molar-refractivity contribution in [3.05, 3.63) is 35.7 Å². The minimum Gasteiger partial charge on any atom is -0.490 e. The van der Waals surface area contributed by atoms with Gasteiger partial charge in [-0.05, 0) is 31.4 Å². The molecule has 0 radical (unpaired) electrons. The maximum absolute atomic E-state index is 12.6. The maximum Gasteiger partial charge on any atom is 0.261 e. The molecule has 1 amide bonds. The molecule has 1 aliphatic carbocycles. The van der Waals surface area contributed by atoms with Crippen molar-refractivity contribution < 1.29 is 9.53 Å². The number of carbonyl (C=O) groups excluding carboxylic acids is 1. The van der Waals surface area contributed by atoms with Gasteiger partial charge in [-0.25, -0.2) is 4.68 Å². The molecule has 0 atom stereocenters. The summed E-state index contributed by atoms with van der Waals surface area (Å²) in [6, 6.07) is 7.31. The predicted molar refractivity (Wildman–Crippen MR) is 87.8 cm³/mol. The fourth-order valence-corrected chi connectivity index (χ4v) is 2.35. The first-order chi connectivity index (χ1) is 11.0. The first-order valence-electron chi connectivity index (χ1n) is 8.02. The van der Waals surface area contributed by atoms with E-state index < -0.39 is 0 Å². The zero-order valence-electron chi connectivity index (χ0n) is 13.7. The van der Waals surface area contributed by atoms with Gasteiger partial charge in [0.05, 0.1) is 11.7 Å². The number of rotatable bonds is 5. The molecule has 6 heteroatoms. The van der Waals surface area contributed by atoms with E-state index in [4.69, 9.17) is 4.74 Å². The number of hydrogen-bond acceptors (Lipinski definition) is 4. The summed E-state index contributed by atoms with van der Waals surface area (Å²) in [5, 5.41) is 7.13. The van der Waals surface area contributed by atoms with E-state index in [2.05, 4.69) is 15.4 Å². The number of aryl methyl sites for hydroxylation is 1. The normalized spacial score (nSPS) is 14.6. The molecule has 6 nitrogen and oxygen atoms in total. The number of amides is 1. The van der Waals surface area contributed by atoms with Gasteiger partial charge in [-0.1, -0.05) is 26.0 Å². The van der Waals surface area contributed by atoms with Crippen molar-refractivity contribution in [2.75, 3.05) is 5.32 Å². The summed E-state index contributed by atoms with van der Waals surface area (Å²) in [6.07, 6.45) is 3.52. The lowest BCUT2D eigenvalue weighted by Gasteiger charge is -2.27. The summed E-state index contributed by atoms with van der Waals surface area (Å²) in [5.74, 6) is 1.76. The average molecular weight is 314 g/mol. The molecule has 0 bridgehead atoms. The van der Waals surface area contributed by atoms with Crippen LogP contribution >= 0.6 is 0 Å². The third-order valence-electron chi connectivity index (χ3n) is 4.00. The van der Waals surface area contributed by atoms with Crippen molar-refractivity contribution in [1.29, 1.82) is 0 Å². The van der Waals surface area contributed by atoms with Crippen LogP contribution in [-0.4, -0.2) is 26.8 Å². The van der Waals surface area contributed by atoms with E-state index in [0.29, 0.717) is 23.1 Å². The fraction of sp³-hybridized carbons (Fsp3) is 0.471. The van der Waals surface area contributed by atoms with Crippen molar-refractivity contribution >= 4 is 11.9 Å². The largest absolute Gasteiger partial charge is 0.490 e. The van der Waals surface area contributed by atoms with Crippen molar-refractivity contribution in [2.45, 2.75) is 45.1 Å². The SMILES string of the molecule is CC(C)c1nc(NC(=O)c2ccccc2OC2CCC2)n(C)n1. The Morgan fingerprint density at radius 1 is 1.35 bits per heavy atom. The molecular weight excluding hydrogens is 292 g/mol. The van der Waals surface area contributed by atoms with Gasteiger partial charge in [0.15, 0.2) is 5.82 Å². The van der Waals surface area contributed by atoms with Gasteiger partial charge < -0.3 is 4.74 Å². The van der Waals surface area contributed by atoms with Gasteiger partial charge in [-0.2, -0.15) is 10.1 Å². The van der Waals surface area contributed by atoms with Crippen molar-refractivity contribution in [1.82, 2.24) is 14.8 Å². The molecule has 23 heavy (non-hydrogen) atoms. The highest BCUT2D eigenvalue weighted by Crippen LogP contribution is 2.28. The van der Waals surface area contributed by atoms with Crippen molar-refractivity contribution in [2.24, 2.45) is 7.05 Å². The number of ether oxygens (including phenoxy) is 1. The first kappa shape index (κ1) is 15.5. The molecule has 1 aliphatic rings.